The van der Waals surface area contributed by atoms with Crippen LogP contribution in [0.4, 0.5) is 0 Å². The lowest BCUT2D eigenvalue weighted by Crippen LogP contribution is -2.29. The zero-order valence-corrected chi connectivity index (χ0v) is 8.72. The summed E-state index contributed by atoms with van der Waals surface area (Å²) in [6.07, 6.45) is 4.61. The smallest absolute Gasteiger partial charge is 0.167 e. The number of allylic oxidation sites excluding steroid dienone is 1. The highest BCUT2D eigenvalue weighted by atomic mass is 16.5. The van der Waals surface area contributed by atoms with E-state index in [4.69, 9.17) is 4.74 Å². The molecule has 0 aromatic carbocycles. The predicted octanol–water partition coefficient (Wildman–Crippen LogP) is 2.69. The fourth-order valence-electron chi connectivity index (χ4n) is 1.68. The topological polar surface area (TPSA) is 26.3 Å². The first-order valence-electron chi connectivity index (χ1n) is 4.93. The molecule has 0 amide bonds. The second-order valence-electron chi connectivity index (χ2n) is 4.16. The van der Waals surface area contributed by atoms with Crippen LogP contribution in [0.3, 0.4) is 0 Å². The Morgan fingerprint density at radius 3 is 2.85 bits per heavy atom. The Morgan fingerprint density at radius 1 is 1.54 bits per heavy atom. The molecule has 0 spiro atoms. The summed E-state index contributed by atoms with van der Waals surface area (Å²) in [6.45, 7) is 6.58. The zero-order chi connectivity index (χ0) is 9.90. The third-order valence-electron chi connectivity index (χ3n) is 2.55. The van der Waals surface area contributed by atoms with E-state index in [-0.39, 0.29) is 11.2 Å². The van der Waals surface area contributed by atoms with Crippen molar-refractivity contribution in [2.24, 2.45) is 5.41 Å². The quantitative estimate of drug-likeness (QED) is 0.485. The number of hydrogen-bond acceptors (Lipinski definition) is 2. The number of ketones is 1. The zero-order valence-electron chi connectivity index (χ0n) is 8.72. The van der Waals surface area contributed by atoms with Gasteiger partial charge in [-0.05, 0) is 26.2 Å². The number of hydrogen-bond donors (Lipinski definition) is 0. The van der Waals surface area contributed by atoms with Crippen LogP contribution in [0.5, 0.6) is 0 Å². The van der Waals surface area contributed by atoms with Gasteiger partial charge in [0.05, 0.1) is 12.9 Å². The molecule has 0 unspecified atom stereocenters. The minimum atomic E-state index is -0.179. The van der Waals surface area contributed by atoms with E-state index in [1.165, 1.54) is 0 Å². The van der Waals surface area contributed by atoms with Crippen LogP contribution in [0, 0.1) is 5.41 Å². The maximum absolute atomic E-state index is 11.8. The van der Waals surface area contributed by atoms with Gasteiger partial charge in [-0.1, -0.05) is 13.8 Å². The molecule has 2 nitrogen and oxygen atoms in total. The molecule has 1 rings (SSSR count). The van der Waals surface area contributed by atoms with Crippen LogP contribution in [-0.2, 0) is 9.53 Å². The molecule has 1 aliphatic rings. The SMILES string of the molecule is CCO/C=C1/CCCC(C)(C)C1=O. The van der Waals surface area contributed by atoms with E-state index in [0.717, 1.165) is 24.8 Å². The maximum Gasteiger partial charge on any atom is 0.167 e. The Kier molecular flexibility index (Phi) is 3.12. The van der Waals surface area contributed by atoms with Gasteiger partial charge in [-0.3, -0.25) is 4.79 Å². The van der Waals surface area contributed by atoms with Gasteiger partial charge < -0.3 is 4.74 Å². The van der Waals surface area contributed by atoms with Gasteiger partial charge in [0, 0.05) is 11.0 Å². The first kappa shape index (κ1) is 10.3. The molecule has 74 valence electrons. The second-order valence-corrected chi connectivity index (χ2v) is 4.16. The van der Waals surface area contributed by atoms with Crippen molar-refractivity contribution in [2.45, 2.75) is 40.0 Å². The summed E-state index contributed by atoms with van der Waals surface area (Å²) in [7, 11) is 0. The van der Waals surface area contributed by atoms with Gasteiger partial charge in [-0.25, -0.2) is 0 Å². The van der Waals surface area contributed by atoms with Gasteiger partial charge in [-0.15, -0.1) is 0 Å². The molecule has 0 saturated heterocycles. The van der Waals surface area contributed by atoms with Crippen molar-refractivity contribution in [3.8, 4) is 0 Å². The van der Waals surface area contributed by atoms with E-state index in [2.05, 4.69) is 0 Å². The van der Waals surface area contributed by atoms with Crippen LogP contribution in [-0.4, -0.2) is 12.4 Å². The Labute approximate surface area is 80.0 Å². The van der Waals surface area contributed by atoms with Crippen LogP contribution >= 0.6 is 0 Å². The number of rotatable bonds is 2. The number of carbonyl (C=O) groups excluding carboxylic acids is 1. The summed E-state index contributed by atoms with van der Waals surface area (Å²) in [6, 6.07) is 0. The van der Waals surface area contributed by atoms with Gasteiger partial charge in [0.2, 0.25) is 0 Å². The normalized spacial score (nSPS) is 24.8. The largest absolute Gasteiger partial charge is 0.501 e. The molecular weight excluding hydrogens is 164 g/mol. The molecule has 1 saturated carbocycles. The molecule has 0 N–H and O–H groups in total. The fourth-order valence-corrected chi connectivity index (χ4v) is 1.68. The van der Waals surface area contributed by atoms with Crippen LogP contribution in [0.25, 0.3) is 0 Å². The molecule has 1 fully saturated rings. The Balaban J connectivity index is 2.71. The Bertz CT molecular complexity index is 226. The lowest BCUT2D eigenvalue weighted by atomic mass is 9.74. The van der Waals surface area contributed by atoms with Crippen molar-refractivity contribution in [1.29, 1.82) is 0 Å². The second kappa shape index (κ2) is 3.95. The van der Waals surface area contributed by atoms with E-state index >= 15 is 0 Å². The van der Waals surface area contributed by atoms with E-state index in [1.54, 1.807) is 6.26 Å². The van der Waals surface area contributed by atoms with Gasteiger partial charge in [0.1, 0.15) is 0 Å². The van der Waals surface area contributed by atoms with Crippen molar-refractivity contribution < 1.29 is 9.53 Å². The molecule has 1 aliphatic carbocycles. The predicted molar refractivity (Wildman–Crippen MR) is 52.3 cm³/mol. The van der Waals surface area contributed by atoms with Crippen LogP contribution < -0.4 is 0 Å². The maximum atomic E-state index is 11.8. The molecule has 0 aromatic rings. The molecule has 0 aliphatic heterocycles. The minimum absolute atomic E-state index is 0.179. The number of Topliss-reactive ketones (excluding diaryl/α,β-unsaturated/α-hetero) is 1. The average molecular weight is 182 g/mol. The third-order valence-corrected chi connectivity index (χ3v) is 2.55. The first-order valence-corrected chi connectivity index (χ1v) is 4.93. The molecular formula is C11H18O2. The molecule has 2 heteroatoms. The lowest BCUT2D eigenvalue weighted by molar-refractivity contribution is -0.125. The van der Waals surface area contributed by atoms with E-state index in [9.17, 15) is 4.79 Å². The minimum Gasteiger partial charge on any atom is -0.501 e. The third kappa shape index (κ3) is 2.33. The summed E-state index contributed by atoms with van der Waals surface area (Å²) >= 11 is 0. The standard InChI is InChI=1S/C11H18O2/c1-4-13-8-9-6-5-7-11(2,3)10(9)12/h8H,4-7H2,1-3H3/b9-8-. The number of ether oxygens (including phenoxy) is 1. The number of carbonyl (C=O) groups is 1. The monoisotopic (exact) mass is 182 g/mol. The fraction of sp³-hybridized carbons (Fsp3) is 0.727. The van der Waals surface area contributed by atoms with Crippen molar-refractivity contribution in [1.82, 2.24) is 0 Å². The van der Waals surface area contributed by atoms with Crippen molar-refractivity contribution in [3.63, 3.8) is 0 Å². The van der Waals surface area contributed by atoms with Gasteiger partial charge in [-0.2, -0.15) is 0 Å². The van der Waals surface area contributed by atoms with Crippen molar-refractivity contribution in [3.05, 3.63) is 11.8 Å². The van der Waals surface area contributed by atoms with Crippen LogP contribution in [0.2, 0.25) is 0 Å². The lowest BCUT2D eigenvalue weighted by Gasteiger charge is -2.29. The van der Waals surface area contributed by atoms with Gasteiger partial charge >= 0.3 is 0 Å². The summed E-state index contributed by atoms with van der Waals surface area (Å²) < 4.78 is 5.15. The highest BCUT2D eigenvalue weighted by molar-refractivity contribution is 5.99. The van der Waals surface area contributed by atoms with Crippen molar-refractivity contribution >= 4 is 5.78 Å². The van der Waals surface area contributed by atoms with Crippen LogP contribution in [0.1, 0.15) is 40.0 Å². The summed E-state index contributed by atoms with van der Waals surface area (Å²) in [4.78, 5) is 11.8. The molecule has 0 radical (unpaired) electrons. The molecule has 0 bridgehead atoms. The van der Waals surface area contributed by atoms with Gasteiger partial charge in [0.25, 0.3) is 0 Å². The Morgan fingerprint density at radius 2 is 2.23 bits per heavy atom. The first-order chi connectivity index (χ1) is 6.08. The van der Waals surface area contributed by atoms with E-state index in [0.29, 0.717) is 6.61 Å². The highest BCUT2D eigenvalue weighted by Crippen LogP contribution is 2.34. The highest BCUT2D eigenvalue weighted by Gasteiger charge is 2.33. The Hall–Kier alpha value is -0.790. The van der Waals surface area contributed by atoms with E-state index in [1.807, 2.05) is 20.8 Å². The molecule has 0 aromatic heterocycles. The summed E-state index contributed by atoms with van der Waals surface area (Å²) in [5.74, 6) is 0.257. The van der Waals surface area contributed by atoms with Crippen molar-refractivity contribution in [2.75, 3.05) is 6.61 Å². The molecule has 13 heavy (non-hydrogen) atoms. The van der Waals surface area contributed by atoms with E-state index < -0.39 is 0 Å². The summed E-state index contributed by atoms with van der Waals surface area (Å²) in [5, 5.41) is 0. The average Bonchev–Trinajstić information content (AvgIpc) is 2.08. The van der Waals surface area contributed by atoms with Crippen LogP contribution in [0.15, 0.2) is 11.8 Å². The molecule has 0 heterocycles. The summed E-state index contributed by atoms with van der Waals surface area (Å²) in [5.41, 5.74) is 0.680. The van der Waals surface area contributed by atoms with Gasteiger partial charge in [0.15, 0.2) is 5.78 Å². The molecule has 0 atom stereocenters.